The van der Waals surface area contributed by atoms with Gasteiger partial charge in [0.25, 0.3) is 5.91 Å². The van der Waals surface area contributed by atoms with Crippen LogP contribution in [-0.2, 0) is 17.7 Å². The molecule has 0 bridgehead atoms. The average Bonchev–Trinajstić information content (AvgIpc) is 3.23. The minimum atomic E-state index is -0.864. The molecule has 6 rings (SSSR count). The number of aromatic hydroxyl groups is 1. The molecule has 2 heterocycles. The first kappa shape index (κ1) is 24.3. The van der Waals surface area contributed by atoms with Crippen LogP contribution in [0.25, 0.3) is 0 Å². The van der Waals surface area contributed by atoms with E-state index >= 15 is 0 Å². The van der Waals surface area contributed by atoms with E-state index in [9.17, 15) is 19.8 Å². The van der Waals surface area contributed by atoms with Crippen LogP contribution >= 0.6 is 0 Å². The summed E-state index contributed by atoms with van der Waals surface area (Å²) in [5.41, 5.74) is 0.639. The van der Waals surface area contributed by atoms with Crippen LogP contribution < -0.4 is 10.1 Å². The number of carbonyl (C=O) groups is 2. The van der Waals surface area contributed by atoms with Gasteiger partial charge >= 0.3 is 5.97 Å². The summed E-state index contributed by atoms with van der Waals surface area (Å²) in [5, 5.41) is 25.4. The Morgan fingerprint density at radius 1 is 1.14 bits per heavy atom. The van der Waals surface area contributed by atoms with E-state index in [1.165, 1.54) is 0 Å². The minimum Gasteiger partial charge on any atom is -0.508 e. The van der Waals surface area contributed by atoms with Crippen LogP contribution in [0.15, 0.2) is 36.4 Å². The van der Waals surface area contributed by atoms with Crippen LogP contribution in [0.3, 0.4) is 0 Å². The Balaban J connectivity index is 1.48. The van der Waals surface area contributed by atoms with Crippen molar-refractivity contribution in [1.29, 1.82) is 0 Å². The minimum absolute atomic E-state index is 0.0147. The normalized spacial score (nSPS) is 35.2. The molecule has 2 saturated carbocycles. The van der Waals surface area contributed by atoms with Crippen LogP contribution in [0, 0.1) is 22.7 Å². The molecule has 2 aromatic carbocycles. The topological polar surface area (TPSA) is 105 Å². The summed E-state index contributed by atoms with van der Waals surface area (Å²) in [6.45, 7) is 8.87. The lowest BCUT2D eigenvalue weighted by Crippen LogP contribution is -2.73. The van der Waals surface area contributed by atoms with E-state index in [1.54, 1.807) is 30.3 Å². The molecule has 0 saturated heterocycles. The molecule has 3 N–H and O–H groups in total. The van der Waals surface area contributed by atoms with Gasteiger partial charge in [0.05, 0.1) is 17.2 Å². The first-order chi connectivity index (χ1) is 17.5. The number of benzene rings is 2. The fourth-order valence-electron chi connectivity index (χ4n) is 7.88. The number of phenols is 1. The number of phenolic OH excluding ortho intramolecular Hbond substituents is 1. The molecule has 2 fully saturated rings. The molecular formula is C30H35NO6. The highest BCUT2D eigenvalue weighted by Crippen LogP contribution is 2.67. The monoisotopic (exact) mass is 505 g/mol. The molecule has 2 aliphatic carbocycles. The number of esters is 1. The van der Waals surface area contributed by atoms with E-state index in [4.69, 9.17) is 9.47 Å². The summed E-state index contributed by atoms with van der Waals surface area (Å²) < 4.78 is 13.2. The van der Waals surface area contributed by atoms with Crippen molar-refractivity contribution >= 4 is 11.9 Å². The van der Waals surface area contributed by atoms with Crippen molar-refractivity contribution in [3.63, 3.8) is 0 Å². The molecular weight excluding hydrogens is 470 g/mol. The van der Waals surface area contributed by atoms with Gasteiger partial charge < -0.3 is 25.0 Å². The number of aliphatic hydroxyl groups excluding tert-OH is 1. The number of amides is 1. The van der Waals surface area contributed by atoms with Gasteiger partial charge in [0, 0.05) is 40.8 Å². The Morgan fingerprint density at radius 3 is 2.59 bits per heavy atom. The molecule has 2 aliphatic heterocycles. The third-order valence-corrected chi connectivity index (χ3v) is 10.3. The number of carbonyl (C=O) groups excluding carboxylic acids is 2. The second kappa shape index (κ2) is 7.97. The number of nitrogens with one attached hydrogen (secondary N) is 1. The van der Waals surface area contributed by atoms with Crippen LogP contribution in [0.5, 0.6) is 11.5 Å². The van der Waals surface area contributed by atoms with Crippen LogP contribution in [0.1, 0.15) is 78.8 Å². The quantitative estimate of drug-likeness (QED) is 0.524. The van der Waals surface area contributed by atoms with E-state index < -0.39 is 29.2 Å². The van der Waals surface area contributed by atoms with Crippen molar-refractivity contribution < 1.29 is 29.3 Å². The van der Waals surface area contributed by atoms with Gasteiger partial charge in [0.15, 0.2) is 0 Å². The van der Waals surface area contributed by atoms with Gasteiger partial charge in [-0.25, -0.2) is 4.79 Å². The molecule has 4 aliphatic rings. The number of hydrogen-bond acceptors (Lipinski definition) is 6. The Kier molecular flexibility index (Phi) is 5.23. The van der Waals surface area contributed by atoms with Crippen molar-refractivity contribution in [2.75, 3.05) is 0 Å². The van der Waals surface area contributed by atoms with Gasteiger partial charge in [-0.2, -0.15) is 0 Å². The lowest BCUT2D eigenvalue weighted by molar-refractivity contribution is -0.260. The molecule has 1 spiro atoms. The van der Waals surface area contributed by atoms with Crippen molar-refractivity contribution in [1.82, 2.24) is 5.32 Å². The number of ether oxygens (including phenoxy) is 2. The van der Waals surface area contributed by atoms with Crippen molar-refractivity contribution in [3.05, 3.63) is 58.7 Å². The van der Waals surface area contributed by atoms with E-state index in [1.807, 2.05) is 19.9 Å². The zero-order valence-corrected chi connectivity index (χ0v) is 21.8. The van der Waals surface area contributed by atoms with E-state index in [2.05, 4.69) is 19.2 Å². The molecule has 2 aromatic rings. The summed E-state index contributed by atoms with van der Waals surface area (Å²) in [6.07, 6.45) is 1.13. The Morgan fingerprint density at radius 2 is 1.86 bits per heavy atom. The molecule has 7 nitrogen and oxygen atoms in total. The molecule has 0 unspecified atom stereocenters. The maximum atomic E-state index is 13.1. The summed E-state index contributed by atoms with van der Waals surface area (Å²) in [5.74, 6) is 0.221. The maximum absolute atomic E-state index is 13.1. The molecule has 7 heteroatoms. The summed E-state index contributed by atoms with van der Waals surface area (Å²) in [6, 6.07) is 10.4. The first-order valence-corrected chi connectivity index (χ1v) is 13.3. The van der Waals surface area contributed by atoms with Gasteiger partial charge in [-0.05, 0) is 43.4 Å². The highest BCUT2D eigenvalue weighted by atomic mass is 16.6. The lowest BCUT2D eigenvalue weighted by atomic mass is 9.43. The average molecular weight is 506 g/mol. The molecule has 6 atom stereocenters. The van der Waals surface area contributed by atoms with Gasteiger partial charge in [0.2, 0.25) is 0 Å². The second-order valence-corrected chi connectivity index (χ2v) is 12.3. The molecule has 0 aromatic heterocycles. The Bertz CT molecular complexity index is 1290. The van der Waals surface area contributed by atoms with Crippen LogP contribution in [0.4, 0.5) is 0 Å². The zero-order chi connectivity index (χ0) is 26.3. The maximum Gasteiger partial charge on any atom is 0.338 e. The molecule has 196 valence electrons. The molecule has 0 radical (unpaired) electrons. The second-order valence-electron chi connectivity index (χ2n) is 12.3. The fraction of sp³-hybridized carbons (Fsp3) is 0.533. The molecule has 37 heavy (non-hydrogen) atoms. The Labute approximate surface area is 217 Å². The third kappa shape index (κ3) is 3.22. The lowest BCUT2D eigenvalue weighted by Gasteiger charge is -2.67. The van der Waals surface area contributed by atoms with E-state index in [-0.39, 0.29) is 28.9 Å². The number of fused-ring (bicyclic) bond motifs is 3. The van der Waals surface area contributed by atoms with Crippen molar-refractivity contribution in [2.24, 2.45) is 22.7 Å². The third-order valence-electron chi connectivity index (χ3n) is 10.3. The number of aliphatic hydroxyl groups is 1. The van der Waals surface area contributed by atoms with Crippen molar-refractivity contribution in [2.45, 2.75) is 77.7 Å². The van der Waals surface area contributed by atoms with Crippen LogP contribution in [0.2, 0.25) is 0 Å². The van der Waals surface area contributed by atoms with Gasteiger partial charge in [-0.3, -0.25) is 4.79 Å². The van der Waals surface area contributed by atoms with Gasteiger partial charge in [0.1, 0.15) is 23.2 Å². The van der Waals surface area contributed by atoms with Crippen LogP contribution in [-0.4, -0.2) is 39.9 Å². The predicted octanol–water partition coefficient (Wildman–Crippen LogP) is 4.38. The standard InChI is InChI=1S/C30H35NO6/c1-16-10-11-23-28(2,3)25(33)22(36-27(35)17-8-6-5-7-9-17)14-30(23)29(16,4)13-19-21(32)12-18-20(24(19)37-30)15-31-26(18)34/h5-9,12,16,22-23,25,32-33H,10-11,13-15H2,1-4H3,(H,31,34)/t16-,22-,23-,25-,29+,30-/m0/s1. The highest BCUT2D eigenvalue weighted by molar-refractivity contribution is 6.00. The smallest absolute Gasteiger partial charge is 0.338 e. The summed E-state index contributed by atoms with van der Waals surface area (Å²) in [4.78, 5) is 25.6. The first-order valence-electron chi connectivity index (χ1n) is 13.3. The fourth-order valence-corrected chi connectivity index (χ4v) is 7.88. The van der Waals surface area contributed by atoms with E-state index in [0.29, 0.717) is 36.3 Å². The van der Waals surface area contributed by atoms with Gasteiger partial charge in [-0.1, -0.05) is 45.9 Å². The molecule has 1 amide bonds. The van der Waals surface area contributed by atoms with Gasteiger partial charge in [-0.15, -0.1) is 0 Å². The highest BCUT2D eigenvalue weighted by Gasteiger charge is 2.70. The summed E-state index contributed by atoms with van der Waals surface area (Å²) >= 11 is 0. The number of hydrogen-bond donors (Lipinski definition) is 3. The summed E-state index contributed by atoms with van der Waals surface area (Å²) in [7, 11) is 0. The van der Waals surface area contributed by atoms with E-state index in [0.717, 1.165) is 24.0 Å². The van der Waals surface area contributed by atoms with Crippen molar-refractivity contribution in [3.8, 4) is 11.5 Å². The zero-order valence-electron chi connectivity index (χ0n) is 21.8. The SMILES string of the molecule is C[C@H]1CC[C@H]2C(C)(C)[C@@H](O)[C@@H](OC(=O)c3ccccc3)C[C@]23Oc2c(c(O)cc4c2CNC4=O)C[C@]13C. The predicted molar refractivity (Wildman–Crippen MR) is 136 cm³/mol. The largest absolute Gasteiger partial charge is 0.508 e. The number of rotatable bonds is 2. The Hall–Kier alpha value is -3.06.